The molecule has 5 heteroatoms. The summed E-state index contributed by atoms with van der Waals surface area (Å²) in [5.41, 5.74) is 0. The second-order valence-corrected chi connectivity index (χ2v) is 4.36. The van der Waals surface area contributed by atoms with Crippen LogP contribution >= 0.6 is 0 Å². The van der Waals surface area contributed by atoms with Crippen LogP contribution in [0.4, 0.5) is 0 Å². The number of carboxylic acid groups (broad SMARTS) is 1. The monoisotopic (exact) mass is 244 g/mol. The Balaban J connectivity index is 0. The quantitative estimate of drug-likeness (QED) is 0.424. The lowest BCUT2D eigenvalue weighted by atomic mass is 10.5. The number of hydrogen-bond acceptors (Lipinski definition) is 2. The first-order chi connectivity index (χ1) is 4.63. The van der Waals surface area contributed by atoms with E-state index >= 15 is 0 Å². The average Bonchev–Trinajstić information content (AvgIpc) is 1.79. The highest BCUT2D eigenvalue weighted by molar-refractivity contribution is 7.95. The first-order valence-electron chi connectivity index (χ1n) is 2.96. The number of carboxylic acids is 1. The van der Waals surface area contributed by atoms with Crippen molar-refractivity contribution in [1.29, 1.82) is 0 Å². The van der Waals surface area contributed by atoms with Crippen LogP contribution in [0.15, 0.2) is 0 Å². The zero-order chi connectivity index (χ0) is 7.98. The summed E-state index contributed by atoms with van der Waals surface area (Å²) in [5, 5.41) is 8.20. The first-order valence-corrected chi connectivity index (χ1v) is 5.17. The Bertz CT molecular complexity index is 108. The molecule has 0 aromatic carbocycles. The number of carbonyl (C=O) groups is 1. The first kappa shape index (κ1) is 13.8. The van der Waals surface area contributed by atoms with Crippen molar-refractivity contribution in [2.24, 2.45) is 0 Å². The van der Waals surface area contributed by atoms with E-state index in [1.807, 2.05) is 0 Å². The Kier molecular flexibility index (Phi) is 10.5. The molecular weight excluding hydrogens is 232 g/mol. The van der Waals surface area contributed by atoms with E-state index in [1.54, 1.807) is 0 Å². The second-order valence-electron chi connectivity index (χ2n) is 2.16. The molecule has 0 atom stereocenters. The Morgan fingerprint density at radius 3 is 2.45 bits per heavy atom. The SMILES string of the molecule is C[S+](C)COCCC(=O)O.[Br-]. The van der Waals surface area contributed by atoms with E-state index in [-0.39, 0.29) is 34.3 Å². The van der Waals surface area contributed by atoms with Crippen molar-refractivity contribution in [2.45, 2.75) is 6.42 Å². The molecule has 0 heterocycles. The highest BCUT2D eigenvalue weighted by Gasteiger charge is 2.02. The standard InChI is InChI=1S/C6H12O3S.BrH/c1-10(2)5-9-4-3-6(7)8;/h3-5H2,1-2H3;1H. The maximum Gasteiger partial charge on any atom is 0.305 e. The van der Waals surface area contributed by atoms with E-state index < -0.39 is 5.97 Å². The molecule has 11 heavy (non-hydrogen) atoms. The molecule has 0 aliphatic rings. The summed E-state index contributed by atoms with van der Waals surface area (Å²) in [7, 11) is 0.255. The maximum atomic E-state index is 9.97. The van der Waals surface area contributed by atoms with Gasteiger partial charge in [-0.2, -0.15) is 0 Å². The minimum Gasteiger partial charge on any atom is -1.00 e. The summed E-state index contributed by atoms with van der Waals surface area (Å²) in [4.78, 5) is 9.97. The summed E-state index contributed by atoms with van der Waals surface area (Å²) in [6.45, 7) is 0.334. The van der Waals surface area contributed by atoms with Crippen LogP contribution < -0.4 is 17.0 Å². The Morgan fingerprint density at radius 2 is 2.09 bits per heavy atom. The number of aliphatic carboxylic acids is 1. The molecule has 0 bridgehead atoms. The van der Waals surface area contributed by atoms with Gasteiger partial charge in [0.05, 0.1) is 25.5 Å². The minimum absolute atomic E-state index is 0. The molecule has 0 unspecified atom stereocenters. The van der Waals surface area contributed by atoms with Gasteiger partial charge in [0, 0.05) is 10.9 Å². The maximum absolute atomic E-state index is 9.97. The summed E-state index contributed by atoms with van der Waals surface area (Å²) in [6, 6.07) is 0. The molecule has 0 aliphatic carbocycles. The van der Waals surface area contributed by atoms with Gasteiger partial charge in [0.2, 0.25) is 5.94 Å². The van der Waals surface area contributed by atoms with Crippen LogP contribution in [0, 0.1) is 0 Å². The van der Waals surface area contributed by atoms with Gasteiger partial charge in [-0.25, -0.2) is 0 Å². The number of halogens is 1. The van der Waals surface area contributed by atoms with Gasteiger partial charge in [0.1, 0.15) is 0 Å². The molecule has 0 fully saturated rings. The van der Waals surface area contributed by atoms with Crippen molar-refractivity contribution in [3.63, 3.8) is 0 Å². The van der Waals surface area contributed by atoms with E-state index in [0.717, 1.165) is 0 Å². The van der Waals surface area contributed by atoms with E-state index in [0.29, 0.717) is 12.5 Å². The summed E-state index contributed by atoms with van der Waals surface area (Å²) in [6.07, 6.45) is 4.22. The number of hydrogen-bond donors (Lipinski definition) is 1. The van der Waals surface area contributed by atoms with E-state index in [4.69, 9.17) is 9.84 Å². The Labute approximate surface area is 80.2 Å². The predicted molar refractivity (Wildman–Crippen MR) is 42.3 cm³/mol. The highest BCUT2D eigenvalue weighted by Crippen LogP contribution is 1.88. The summed E-state index contributed by atoms with van der Waals surface area (Å²) >= 11 is 0. The third kappa shape index (κ3) is 13.3. The van der Waals surface area contributed by atoms with Crippen LogP contribution in [0.2, 0.25) is 0 Å². The van der Waals surface area contributed by atoms with Crippen molar-refractivity contribution >= 4 is 16.9 Å². The Morgan fingerprint density at radius 1 is 1.55 bits per heavy atom. The molecule has 0 amide bonds. The Hall–Kier alpha value is 0.260. The fourth-order valence-electron chi connectivity index (χ4n) is 0.385. The van der Waals surface area contributed by atoms with E-state index in [1.165, 1.54) is 0 Å². The average molecular weight is 245 g/mol. The van der Waals surface area contributed by atoms with Gasteiger partial charge < -0.3 is 26.8 Å². The topological polar surface area (TPSA) is 46.5 Å². The van der Waals surface area contributed by atoms with E-state index in [9.17, 15) is 4.79 Å². The van der Waals surface area contributed by atoms with Crippen molar-refractivity contribution < 1.29 is 31.6 Å². The molecule has 1 N–H and O–H groups in total. The van der Waals surface area contributed by atoms with Crippen molar-refractivity contribution in [1.82, 2.24) is 0 Å². The number of ether oxygens (including phenoxy) is 1. The molecule has 0 aromatic rings. The smallest absolute Gasteiger partial charge is 0.305 e. The fraction of sp³-hybridized carbons (Fsp3) is 0.833. The van der Waals surface area contributed by atoms with Gasteiger partial charge in [-0.15, -0.1) is 0 Å². The molecule has 68 valence electrons. The molecule has 0 saturated heterocycles. The fourth-order valence-corrected chi connectivity index (χ4v) is 0.836. The van der Waals surface area contributed by atoms with Crippen LogP contribution in [0.3, 0.4) is 0 Å². The van der Waals surface area contributed by atoms with Crippen molar-refractivity contribution in [3.05, 3.63) is 0 Å². The molecule has 0 radical (unpaired) electrons. The summed E-state index contributed by atoms with van der Waals surface area (Å²) < 4.78 is 5.04. The lowest BCUT2D eigenvalue weighted by molar-refractivity contribution is -0.138. The third-order valence-electron chi connectivity index (χ3n) is 0.779. The van der Waals surface area contributed by atoms with Gasteiger partial charge in [0.25, 0.3) is 0 Å². The molecule has 0 spiro atoms. The van der Waals surface area contributed by atoms with Gasteiger partial charge >= 0.3 is 5.97 Å². The molecular formula is C6H13BrO3S. The largest absolute Gasteiger partial charge is 1.00 e. The van der Waals surface area contributed by atoms with Gasteiger partial charge in [-0.3, -0.25) is 4.79 Å². The summed E-state index contributed by atoms with van der Waals surface area (Å²) in [5.74, 6) is -0.125. The molecule has 0 aliphatic heterocycles. The van der Waals surface area contributed by atoms with Crippen LogP contribution in [0.1, 0.15) is 6.42 Å². The minimum atomic E-state index is -0.799. The van der Waals surface area contributed by atoms with Gasteiger partial charge in [-0.1, -0.05) is 0 Å². The molecule has 0 rings (SSSR count). The lowest BCUT2D eigenvalue weighted by Gasteiger charge is -1.97. The van der Waals surface area contributed by atoms with Gasteiger partial charge in [-0.05, 0) is 0 Å². The molecule has 0 aromatic heterocycles. The highest BCUT2D eigenvalue weighted by atomic mass is 79.9. The van der Waals surface area contributed by atoms with Gasteiger partial charge in [0.15, 0.2) is 0 Å². The lowest BCUT2D eigenvalue weighted by Crippen LogP contribution is -3.00. The number of rotatable bonds is 5. The normalized spacial score (nSPS) is 9.36. The van der Waals surface area contributed by atoms with Crippen LogP contribution in [-0.2, 0) is 20.4 Å². The zero-order valence-corrected chi connectivity index (χ0v) is 9.07. The van der Waals surface area contributed by atoms with Crippen molar-refractivity contribution in [2.75, 3.05) is 25.1 Å². The van der Waals surface area contributed by atoms with Crippen LogP contribution in [0.25, 0.3) is 0 Å². The third-order valence-corrected chi connectivity index (χ3v) is 1.42. The van der Waals surface area contributed by atoms with E-state index in [2.05, 4.69) is 12.5 Å². The predicted octanol–water partition coefficient (Wildman–Crippen LogP) is -2.68. The molecule has 0 saturated carbocycles. The van der Waals surface area contributed by atoms with Crippen LogP contribution in [-0.4, -0.2) is 36.1 Å². The second kappa shape index (κ2) is 8.36. The van der Waals surface area contributed by atoms with Crippen molar-refractivity contribution in [3.8, 4) is 0 Å². The zero-order valence-electron chi connectivity index (χ0n) is 6.67. The van der Waals surface area contributed by atoms with Crippen LogP contribution in [0.5, 0.6) is 0 Å². The molecule has 3 nitrogen and oxygen atoms in total.